The zero-order valence-corrected chi connectivity index (χ0v) is 30.8. The third-order valence-electron chi connectivity index (χ3n) is 10.7. The van der Waals surface area contributed by atoms with E-state index in [1.807, 2.05) is 44.2 Å². The van der Waals surface area contributed by atoms with Crippen LogP contribution in [0, 0.1) is 0 Å². The van der Waals surface area contributed by atoms with Crippen molar-refractivity contribution in [2.45, 2.75) is 19.3 Å². The molecule has 5 heteroatoms. The predicted molar refractivity (Wildman–Crippen MR) is 242 cm³/mol. The number of aromatic nitrogens is 5. The van der Waals surface area contributed by atoms with Gasteiger partial charge in [-0.1, -0.05) is 177 Å². The molecule has 3 heterocycles. The lowest BCUT2D eigenvalue weighted by molar-refractivity contribution is 0.660. The van der Waals surface area contributed by atoms with Gasteiger partial charge in [0.25, 0.3) is 0 Å². The number of benzene rings is 8. The molecule has 0 bridgehead atoms. The van der Waals surface area contributed by atoms with Crippen LogP contribution in [0.4, 0.5) is 0 Å². The molecule has 1 aliphatic rings. The monoisotopic (exact) mass is 779 g/mol. The van der Waals surface area contributed by atoms with Gasteiger partial charge >= 0.3 is 0 Å². The van der Waals surface area contributed by atoms with Gasteiger partial charge in [0, 0.05) is 32.5 Å². The maximum absolute atomic E-state index is 10.0. The van der Waals surface area contributed by atoms with E-state index in [1.54, 1.807) is 12.1 Å². The number of rotatable bonds is 5. The number of fused-ring (bicyclic) bond motifs is 9. The summed E-state index contributed by atoms with van der Waals surface area (Å²) in [5.74, 6) is -1.60. The van der Waals surface area contributed by atoms with Gasteiger partial charge in [-0.05, 0) is 68.7 Å². The van der Waals surface area contributed by atoms with Crippen molar-refractivity contribution in [1.82, 2.24) is 24.1 Å². The Morgan fingerprint density at radius 3 is 1.47 bits per heavy atom. The molecule has 3 aromatic heterocycles. The summed E-state index contributed by atoms with van der Waals surface area (Å²) in [5, 5.41) is -1.78. The molecule has 1 aliphatic carbocycles. The first-order valence-corrected chi connectivity index (χ1v) is 18.3. The van der Waals surface area contributed by atoms with Crippen molar-refractivity contribution >= 4 is 43.6 Å². The molecule has 0 saturated heterocycles. The topological polar surface area (TPSA) is 48.5 Å². The van der Waals surface area contributed by atoms with Crippen molar-refractivity contribution in [3.8, 4) is 56.7 Å². The van der Waals surface area contributed by atoms with E-state index in [0.717, 1.165) is 25.8 Å². The van der Waals surface area contributed by atoms with E-state index in [9.17, 15) is 13.7 Å². The first-order chi connectivity index (χ1) is 39.0. The van der Waals surface area contributed by atoms with Gasteiger partial charge in [0.05, 0.1) is 55.0 Å². The average molecular weight is 780 g/mol. The summed E-state index contributed by atoms with van der Waals surface area (Å²) < 4.78 is 219. The summed E-state index contributed by atoms with van der Waals surface area (Å²) in [6.45, 7) is 3.98. The quantitative estimate of drug-likeness (QED) is 0.175. The highest BCUT2D eigenvalue weighted by atomic mass is 15.3. The molecule has 0 saturated carbocycles. The van der Waals surface area contributed by atoms with Crippen LogP contribution in [0.15, 0.2) is 187 Å². The van der Waals surface area contributed by atoms with Crippen LogP contribution in [0.3, 0.4) is 0 Å². The Balaban J connectivity index is 1.35. The van der Waals surface area contributed by atoms with Crippen molar-refractivity contribution < 1.29 is 32.9 Å². The third kappa shape index (κ3) is 5.01. The molecule has 11 aromatic rings. The van der Waals surface area contributed by atoms with Crippen molar-refractivity contribution in [2.24, 2.45) is 0 Å². The van der Waals surface area contributed by atoms with E-state index < -0.39 is 228 Å². The normalized spacial score (nSPS) is 18.7. The highest BCUT2D eigenvalue weighted by molar-refractivity contribution is 6.11. The number of hydrogen-bond donors (Lipinski definition) is 0. The summed E-state index contributed by atoms with van der Waals surface area (Å²) in [5.41, 5.74) is -2.23. The molecule has 0 atom stereocenters. The van der Waals surface area contributed by atoms with E-state index in [4.69, 9.17) is 34.1 Å². The van der Waals surface area contributed by atoms with Crippen LogP contribution in [-0.4, -0.2) is 24.1 Å². The lowest BCUT2D eigenvalue weighted by Gasteiger charge is -2.21. The maximum Gasteiger partial charge on any atom is 0.240 e. The lowest BCUT2D eigenvalue weighted by Crippen LogP contribution is -2.15. The Morgan fingerprint density at radius 2 is 0.898 bits per heavy atom. The Hall–Kier alpha value is -7.63. The highest BCUT2D eigenvalue weighted by Crippen LogP contribution is 2.51. The molecule has 59 heavy (non-hydrogen) atoms. The van der Waals surface area contributed by atoms with Gasteiger partial charge in [-0.25, -0.2) is 0 Å². The largest absolute Gasteiger partial charge is 0.278 e. The Kier molecular flexibility index (Phi) is 3.76. The third-order valence-corrected chi connectivity index (χ3v) is 10.7. The van der Waals surface area contributed by atoms with Crippen LogP contribution < -0.4 is 0 Å². The molecule has 0 radical (unpaired) electrons. The molecule has 0 amide bonds. The second kappa shape index (κ2) is 12.7. The molecule has 0 unspecified atom stereocenters. The van der Waals surface area contributed by atoms with E-state index in [1.165, 1.54) is 0 Å². The van der Waals surface area contributed by atoms with Gasteiger partial charge in [0.2, 0.25) is 11.9 Å². The molecule has 278 valence electrons. The van der Waals surface area contributed by atoms with Gasteiger partial charge < -0.3 is 0 Å². The molecule has 0 fully saturated rings. The van der Waals surface area contributed by atoms with Crippen molar-refractivity contribution in [3.05, 3.63) is 199 Å². The maximum atomic E-state index is 10.0. The van der Waals surface area contributed by atoms with Gasteiger partial charge in [0.15, 0.2) is 5.82 Å². The molecule has 8 aromatic carbocycles. The number of hydrogen-bond acceptors (Lipinski definition) is 3. The highest BCUT2D eigenvalue weighted by Gasteiger charge is 2.37. The summed E-state index contributed by atoms with van der Waals surface area (Å²) in [4.78, 5) is 14.9. The predicted octanol–water partition coefficient (Wildman–Crippen LogP) is 13.4. The standard InChI is InChI=1S/C54H37N5/c1-54(2)44-24-12-9-22-42(44)50-43(23-15-25-45(50)54)51-55-52(58-46-26-13-10-20-38(46)40-30-28-36(32-48(40)58)34-16-5-3-6-17-34)57-53(56-51)59-47-27-14-11-21-39(47)41-31-29-37(33-49(41)59)35-18-7-4-8-19-35/h3-33H,1-2H3/i3D,4D,5D,6D,7D,8D,10D,11D,13D,14D,16D,17D,18D,19D,20D,21D,26D,27D,28D,29D,30D,31D,32D,33D. The van der Waals surface area contributed by atoms with Gasteiger partial charge in [0.1, 0.15) is 0 Å². The van der Waals surface area contributed by atoms with Gasteiger partial charge in [-0.2, -0.15) is 15.0 Å². The second-order valence-corrected chi connectivity index (χ2v) is 14.2. The number of nitrogens with zero attached hydrogens (tertiary/aromatic N) is 5. The fraction of sp³-hybridized carbons (Fsp3) is 0.0556. The van der Waals surface area contributed by atoms with Crippen LogP contribution in [0.5, 0.6) is 0 Å². The van der Waals surface area contributed by atoms with Gasteiger partial charge in [-0.3, -0.25) is 9.13 Å². The fourth-order valence-corrected chi connectivity index (χ4v) is 8.04. The smallest absolute Gasteiger partial charge is 0.240 e. The molecular formula is C54H37N5. The minimum Gasteiger partial charge on any atom is -0.278 e. The van der Waals surface area contributed by atoms with E-state index in [0.29, 0.717) is 5.56 Å². The Bertz CT molecular complexity index is 4590. The molecule has 0 N–H and O–H groups in total. The van der Waals surface area contributed by atoms with Crippen LogP contribution in [0.2, 0.25) is 0 Å². The van der Waals surface area contributed by atoms with Crippen LogP contribution in [0.25, 0.3) is 100 Å². The molecule has 0 spiro atoms. The minimum atomic E-state index is -0.858. The minimum absolute atomic E-state index is 0.261. The van der Waals surface area contributed by atoms with Gasteiger partial charge in [-0.15, -0.1) is 0 Å². The Labute approximate surface area is 375 Å². The summed E-state index contributed by atoms with van der Waals surface area (Å²) in [6, 6.07) is -7.10. The number of para-hydroxylation sites is 2. The SMILES string of the molecule is [2H]c1c([2H])c([2H])c(-c2c([2H])c([2H])c3c4c([2H])c([2H])c([2H])c([2H])c4n(-c4nc(-c5cccc6c5-c5ccccc5C6(C)C)nc(-n5c6c([2H])c([2H])c([2H])c([2H])c6c6c([2H])c([2H])c(-c7c([2H])c([2H])c([2H])c([2H])c7[2H])c([2H])c65)n4)c3c2[2H])c([2H])c1[2H]. The molecular weight excluding hydrogens is 719 g/mol. The van der Waals surface area contributed by atoms with Crippen LogP contribution in [0.1, 0.15) is 57.9 Å². The first-order valence-electron chi connectivity index (χ1n) is 30.3. The molecule has 12 rings (SSSR count). The van der Waals surface area contributed by atoms with Crippen molar-refractivity contribution in [1.29, 1.82) is 0 Å². The summed E-state index contributed by atoms with van der Waals surface area (Å²) in [7, 11) is 0. The average Bonchev–Trinajstić information content (AvgIpc) is 1.86. The first kappa shape index (κ1) is 17.5. The summed E-state index contributed by atoms with van der Waals surface area (Å²) >= 11 is 0. The second-order valence-electron chi connectivity index (χ2n) is 14.2. The molecule has 5 nitrogen and oxygen atoms in total. The zero-order valence-electron chi connectivity index (χ0n) is 54.8. The Morgan fingerprint density at radius 1 is 0.424 bits per heavy atom. The van der Waals surface area contributed by atoms with Crippen LogP contribution in [-0.2, 0) is 5.41 Å². The molecule has 0 aliphatic heterocycles. The van der Waals surface area contributed by atoms with Crippen molar-refractivity contribution in [2.75, 3.05) is 0 Å². The fourth-order valence-electron chi connectivity index (χ4n) is 8.04. The zero-order chi connectivity index (χ0) is 60.1. The van der Waals surface area contributed by atoms with E-state index in [-0.39, 0.29) is 11.4 Å². The van der Waals surface area contributed by atoms with Crippen LogP contribution >= 0.6 is 0 Å². The summed E-state index contributed by atoms with van der Waals surface area (Å²) in [6.07, 6.45) is 0. The lowest BCUT2D eigenvalue weighted by atomic mass is 9.82. The van der Waals surface area contributed by atoms with Crippen molar-refractivity contribution in [3.63, 3.8) is 0 Å². The van der Waals surface area contributed by atoms with E-state index in [2.05, 4.69) is 0 Å². The van der Waals surface area contributed by atoms with E-state index >= 15 is 0 Å².